The molecule has 0 aliphatic rings. The molecule has 7 heteroatoms. The third-order valence-corrected chi connectivity index (χ3v) is 5.06. The van der Waals surface area contributed by atoms with Gasteiger partial charge >= 0.3 is 0 Å². The van der Waals surface area contributed by atoms with Crippen LogP contribution < -0.4 is 5.32 Å². The number of benzene rings is 2. The van der Waals surface area contributed by atoms with Crippen LogP contribution in [-0.2, 0) is 10.2 Å². The molecule has 0 aliphatic heterocycles. The summed E-state index contributed by atoms with van der Waals surface area (Å²) in [6.07, 6.45) is 0. The van der Waals surface area contributed by atoms with Gasteiger partial charge < -0.3 is 9.73 Å². The molecule has 1 aromatic heterocycles. The predicted octanol–water partition coefficient (Wildman–Crippen LogP) is 5.20. The van der Waals surface area contributed by atoms with E-state index in [2.05, 4.69) is 10.3 Å². The number of Topliss-reactive ketones (excluding diaryl/α,β-unsaturated/α-hetero) is 1. The van der Waals surface area contributed by atoms with E-state index in [1.165, 1.54) is 19.1 Å². The van der Waals surface area contributed by atoms with E-state index >= 15 is 0 Å². The summed E-state index contributed by atoms with van der Waals surface area (Å²) in [4.78, 5) is 28.3. The zero-order valence-corrected chi connectivity index (χ0v) is 16.9. The number of fused-ring (bicyclic) bond motifs is 1. The molecule has 0 radical (unpaired) electrons. The molecule has 3 rings (SSSR count). The van der Waals surface area contributed by atoms with Crippen molar-refractivity contribution in [3.63, 3.8) is 0 Å². The minimum absolute atomic E-state index is 0.0421. The summed E-state index contributed by atoms with van der Waals surface area (Å²) in [6.45, 7) is 7.42. The van der Waals surface area contributed by atoms with Gasteiger partial charge in [0.15, 0.2) is 11.4 Å². The van der Waals surface area contributed by atoms with Crippen LogP contribution in [0.1, 0.15) is 43.9 Å². The Balaban J connectivity index is 1.65. The van der Waals surface area contributed by atoms with Gasteiger partial charge in [0.2, 0.25) is 11.8 Å². The first-order chi connectivity index (χ1) is 13.1. The number of carbonyl (C=O) groups excluding carboxylic acids is 2. The van der Waals surface area contributed by atoms with Gasteiger partial charge in [-0.2, -0.15) is 0 Å². The van der Waals surface area contributed by atoms with Crippen molar-refractivity contribution >= 4 is 40.2 Å². The standard InChI is InChI=1S/C21H21FN2O3S/c1-12(25)13-5-8-18(15(22)9-13)28-11-19(26)23-14-6-7-17-16(10-14)24-20(27-17)21(2,3)4/h5-10H,11H2,1-4H3,(H,23,26). The maximum atomic E-state index is 14.0. The molecule has 1 N–H and O–H groups in total. The van der Waals surface area contributed by atoms with Gasteiger partial charge in [-0.25, -0.2) is 9.37 Å². The minimum Gasteiger partial charge on any atom is -0.440 e. The maximum Gasteiger partial charge on any atom is 0.234 e. The molecule has 1 heterocycles. The predicted molar refractivity (Wildman–Crippen MR) is 108 cm³/mol. The lowest BCUT2D eigenvalue weighted by molar-refractivity contribution is -0.113. The summed E-state index contributed by atoms with van der Waals surface area (Å²) in [5, 5.41) is 2.78. The number of ketones is 1. The first-order valence-corrected chi connectivity index (χ1v) is 9.76. The van der Waals surface area contributed by atoms with E-state index in [1.807, 2.05) is 20.8 Å². The number of anilines is 1. The Morgan fingerprint density at radius 3 is 2.57 bits per heavy atom. The summed E-state index contributed by atoms with van der Waals surface area (Å²) in [6, 6.07) is 9.51. The molecule has 0 saturated heterocycles. The Kier molecular flexibility index (Phi) is 5.56. The fraction of sp³-hybridized carbons (Fsp3) is 0.286. The lowest BCUT2D eigenvalue weighted by atomic mass is 9.97. The number of carbonyl (C=O) groups is 2. The quantitative estimate of drug-likeness (QED) is 0.471. The number of nitrogens with zero attached hydrogens (tertiary/aromatic N) is 1. The number of hydrogen-bond donors (Lipinski definition) is 1. The Hall–Kier alpha value is -2.67. The third kappa shape index (κ3) is 4.59. The Bertz CT molecular complexity index is 1050. The number of hydrogen-bond acceptors (Lipinski definition) is 5. The maximum absolute atomic E-state index is 14.0. The minimum atomic E-state index is -0.510. The third-order valence-electron chi connectivity index (χ3n) is 4.01. The monoisotopic (exact) mass is 400 g/mol. The lowest BCUT2D eigenvalue weighted by Gasteiger charge is -2.11. The number of halogens is 1. The molecule has 3 aromatic rings. The summed E-state index contributed by atoms with van der Waals surface area (Å²) >= 11 is 1.07. The molecule has 146 valence electrons. The van der Waals surface area contributed by atoms with Crippen molar-refractivity contribution in [3.05, 3.63) is 53.7 Å². The van der Waals surface area contributed by atoms with E-state index in [0.29, 0.717) is 33.1 Å². The van der Waals surface area contributed by atoms with E-state index in [9.17, 15) is 14.0 Å². The summed E-state index contributed by atoms with van der Waals surface area (Å²) in [5.41, 5.74) is 2.02. The van der Waals surface area contributed by atoms with Crippen molar-refractivity contribution in [2.75, 3.05) is 11.1 Å². The van der Waals surface area contributed by atoms with E-state index in [-0.39, 0.29) is 22.9 Å². The second-order valence-electron chi connectivity index (χ2n) is 7.49. The molecule has 0 spiro atoms. The highest BCUT2D eigenvalue weighted by atomic mass is 32.2. The molecule has 0 bridgehead atoms. The van der Waals surface area contributed by atoms with Crippen LogP contribution in [0.25, 0.3) is 11.1 Å². The van der Waals surface area contributed by atoms with Gasteiger partial charge in [0.25, 0.3) is 0 Å². The number of aromatic nitrogens is 1. The fourth-order valence-corrected chi connectivity index (χ4v) is 3.22. The molecule has 0 atom stereocenters. The van der Waals surface area contributed by atoms with Gasteiger partial charge in [0, 0.05) is 21.6 Å². The number of amides is 1. The second kappa shape index (κ2) is 7.75. The van der Waals surface area contributed by atoms with Crippen LogP contribution in [0.3, 0.4) is 0 Å². The molecule has 28 heavy (non-hydrogen) atoms. The number of rotatable bonds is 5. The molecule has 2 aromatic carbocycles. The molecule has 0 saturated carbocycles. The number of nitrogens with one attached hydrogen (secondary N) is 1. The van der Waals surface area contributed by atoms with Crippen LogP contribution in [0.15, 0.2) is 45.7 Å². The Morgan fingerprint density at radius 2 is 1.93 bits per heavy atom. The molecule has 0 aliphatic carbocycles. The van der Waals surface area contributed by atoms with Crippen LogP contribution in [-0.4, -0.2) is 22.4 Å². The van der Waals surface area contributed by atoms with Crippen LogP contribution in [0, 0.1) is 5.82 Å². The van der Waals surface area contributed by atoms with Gasteiger partial charge in [-0.3, -0.25) is 9.59 Å². The first kappa shape index (κ1) is 20.1. The smallest absolute Gasteiger partial charge is 0.234 e. The van der Waals surface area contributed by atoms with Crippen molar-refractivity contribution in [3.8, 4) is 0 Å². The topological polar surface area (TPSA) is 72.2 Å². The van der Waals surface area contributed by atoms with E-state index in [0.717, 1.165) is 11.8 Å². The molecule has 1 amide bonds. The molecule has 0 unspecified atom stereocenters. The van der Waals surface area contributed by atoms with Crippen molar-refractivity contribution in [1.29, 1.82) is 0 Å². The van der Waals surface area contributed by atoms with Gasteiger partial charge in [0.1, 0.15) is 11.3 Å². The average Bonchev–Trinajstić information content (AvgIpc) is 3.04. The van der Waals surface area contributed by atoms with E-state index < -0.39 is 5.82 Å². The molecule has 0 fully saturated rings. The fourth-order valence-electron chi connectivity index (χ4n) is 2.50. The highest BCUT2D eigenvalue weighted by Gasteiger charge is 2.21. The Morgan fingerprint density at radius 1 is 1.18 bits per heavy atom. The van der Waals surface area contributed by atoms with E-state index in [1.54, 1.807) is 24.3 Å². The van der Waals surface area contributed by atoms with Gasteiger partial charge in [0.05, 0.1) is 5.75 Å². The molecular weight excluding hydrogens is 379 g/mol. The molecular formula is C21H21FN2O3S. The molecule has 5 nitrogen and oxygen atoms in total. The van der Waals surface area contributed by atoms with Crippen LogP contribution >= 0.6 is 11.8 Å². The Labute approximate surface area is 166 Å². The van der Waals surface area contributed by atoms with Gasteiger partial charge in [-0.1, -0.05) is 26.8 Å². The zero-order chi connectivity index (χ0) is 20.5. The van der Waals surface area contributed by atoms with Gasteiger partial charge in [-0.15, -0.1) is 11.8 Å². The summed E-state index contributed by atoms with van der Waals surface area (Å²) in [5.74, 6) is -0.305. The number of oxazole rings is 1. The van der Waals surface area contributed by atoms with Crippen molar-refractivity contribution in [2.45, 2.75) is 38.0 Å². The van der Waals surface area contributed by atoms with Crippen LogP contribution in [0.2, 0.25) is 0 Å². The van der Waals surface area contributed by atoms with Crippen LogP contribution in [0.4, 0.5) is 10.1 Å². The average molecular weight is 400 g/mol. The zero-order valence-electron chi connectivity index (χ0n) is 16.1. The normalized spacial score (nSPS) is 11.6. The SMILES string of the molecule is CC(=O)c1ccc(SCC(=O)Nc2ccc3oc(C(C)(C)C)nc3c2)c(F)c1. The van der Waals surface area contributed by atoms with Crippen molar-refractivity contribution in [1.82, 2.24) is 4.98 Å². The van der Waals surface area contributed by atoms with Gasteiger partial charge in [-0.05, 0) is 37.3 Å². The first-order valence-electron chi connectivity index (χ1n) is 8.78. The van der Waals surface area contributed by atoms with Crippen molar-refractivity contribution < 1.29 is 18.4 Å². The number of thioether (sulfide) groups is 1. The lowest BCUT2D eigenvalue weighted by Crippen LogP contribution is -2.14. The van der Waals surface area contributed by atoms with E-state index in [4.69, 9.17) is 4.42 Å². The van der Waals surface area contributed by atoms with Crippen molar-refractivity contribution in [2.24, 2.45) is 0 Å². The highest BCUT2D eigenvalue weighted by molar-refractivity contribution is 8.00. The second-order valence-corrected chi connectivity index (χ2v) is 8.51. The largest absolute Gasteiger partial charge is 0.440 e. The highest BCUT2D eigenvalue weighted by Crippen LogP contribution is 2.28. The summed E-state index contributed by atoms with van der Waals surface area (Å²) in [7, 11) is 0. The summed E-state index contributed by atoms with van der Waals surface area (Å²) < 4.78 is 19.8. The van der Waals surface area contributed by atoms with Crippen LogP contribution in [0.5, 0.6) is 0 Å².